The number of methoxy groups -OCH3 is 1. The predicted octanol–water partition coefficient (Wildman–Crippen LogP) is 2.99. The van der Waals surface area contributed by atoms with Crippen LogP contribution < -0.4 is 15.4 Å². The second-order valence-corrected chi connectivity index (χ2v) is 5.23. The molecule has 2 aromatic rings. The molecular formula is C17H17ClN2O3. The number of ether oxygens (including phenoxy) is 1. The number of benzene rings is 2. The molecule has 0 aromatic heterocycles. The second kappa shape index (κ2) is 8.19. The van der Waals surface area contributed by atoms with Crippen LogP contribution in [0.1, 0.15) is 12.0 Å². The van der Waals surface area contributed by atoms with E-state index < -0.39 is 5.91 Å². The van der Waals surface area contributed by atoms with Crippen LogP contribution >= 0.6 is 11.6 Å². The summed E-state index contributed by atoms with van der Waals surface area (Å²) < 4.78 is 5.07. The number of halogens is 1. The number of anilines is 1. The molecule has 0 aliphatic rings. The smallest absolute Gasteiger partial charge is 0.233 e. The van der Waals surface area contributed by atoms with Crippen LogP contribution in [0.5, 0.6) is 5.75 Å². The fraction of sp³-hybridized carbons (Fsp3) is 0.176. The van der Waals surface area contributed by atoms with E-state index in [0.717, 1.165) is 5.56 Å². The molecule has 0 aliphatic heterocycles. The van der Waals surface area contributed by atoms with Crippen molar-refractivity contribution >= 4 is 29.1 Å². The van der Waals surface area contributed by atoms with Gasteiger partial charge in [-0.2, -0.15) is 0 Å². The van der Waals surface area contributed by atoms with Gasteiger partial charge >= 0.3 is 0 Å². The summed E-state index contributed by atoms with van der Waals surface area (Å²) in [7, 11) is 1.54. The zero-order valence-corrected chi connectivity index (χ0v) is 13.4. The molecule has 2 amide bonds. The lowest BCUT2D eigenvalue weighted by molar-refractivity contribution is -0.126. The van der Waals surface area contributed by atoms with Crippen LogP contribution in [-0.2, 0) is 16.1 Å². The molecule has 5 nitrogen and oxygen atoms in total. The van der Waals surface area contributed by atoms with E-state index in [-0.39, 0.29) is 18.9 Å². The van der Waals surface area contributed by atoms with Crippen molar-refractivity contribution in [2.75, 3.05) is 12.4 Å². The van der Waals surface area contributed by atoms with Crippen molar-refractivity contribution in [3.8, 4) is 5.75 Å². The van der Waals surface area contributed by atoms with Crippen molar-refractivity contribution in [1.82, 2.24) is 5.32 Å². The number of hydrogen-bond donors (Lipinski definition) is 2. The number of hydrogen-bond acceptors (Lipinski definition) is 3. The first kappa shape index (κ1) is 16.8. The topological polar surface area (TPSA) is 67.4 Å². The predicted molar refractivity (Wildman–Crippen MR) is 89.5 cm³/mol. The van der Waals surface area contributed by atoms with E-state index in [1.165, 1.54) is 0 Å². The Balaban J connectivity index is 1.82. The Morgan fingerprint density at radius 1 is 1.09 bits per heavy atom. The Labute approximate surface area is 139 Å². The fourth-order valence-corrected chi connectivity index (χ4v) is 2.15. The lowest BCUT2D eigenvalue weighted by Crippen LogP contribution is -2.27. The van der Waals surface area contributed by atoms with Gasteiger partial charge in [-0.25, -0.2) is 0 Å². The van der Waals surface area contributed by atoms with Crippen molar-refractivity contribution in [1.29, 1.82) is 0 Å². The third-order valence-electron chi connectivity index (χ3n) is 3.11. The van der Waals surface area contributed by atoms with Crippen molar-refractivity contribution < 1.29 is 14.3 Å². The summed E-state index contributed by atoms with van der Waals surface area (Å²) in [5, 5.41) is 5.90. The molecule has 23 heavy (non-hydrogen) atoms. The zero-order chi connectivity index (χ0) is 16.7. The second-order valence-electron chi connectivity index (χ2n) is 4.83. The van der Waals surface area contributed by atoms with Crippen LogP contribution in [0.4, 0.5) is 5.69 Å². The summed E-state index contributed by atoms with van der Waals surface area (Å²) >= 11 is 6.01. The van der Waals surface area contributed by atoms with Gasteiger partial charge in [0, 0.05) is 23.3 Å². The number of carbonyl (C=O) groups is 2. The van der Waals surface area contributed by atoms with Gasteiger partial charge in [-0.3, -0.25) is 9.59 Å². The highest BCUT2D eigenvalue weighted by atomic mass is 35.5. The largest absolute Gasteiger partial charge is 0.497 e. The Bertz CT molecular complexity index is 704. The first-order valence-electron chi connectivity index (χ1n) is 7.02. The molecule has 120 valence electrons. The molecule has 0 aliphatic carbocycles. The van der Waals surface area contributed by atoms with Crippen LogP contribution in [0, 0.1) is 0 Å². The van der Waals surface area contributed by atoms with Crippen LogP contribution in [0.25, 0.3) is 0 Å². The van der Waals surface area contributed by atoms with Crippen LogP contribution in [0.15, 0.2) is 48.5 Å². The van der Waals surface area contributed by atoms with Gasteiger partial charge in [-0.05, 0) is 23.8 Å². The molecule has 2 rings (SSSR count). The van der Waals surface area contributed by atoms with Crippen molar-refractivity contribution in [3.63, 3.8) is 0 Å². The van der Waals surface area contributed by atoms with Crippen LogP contribution in [0.2, 0.25) is 5.02 Å². The van der Waals surface area contributed by atoms with Crippen molar-refractivity contribution in [2.24, 2.45) is 0 Å². The summed E-state index contributed by atoms with van der Waals surface area (Å²) in [6, 6.07) is 14.1. The molecule has 2 N–H and O–H groups in total. The quantitative estimate of drug-likeness (QED) is 0.799. The van der Waals surface area contributed by atoms with Gasteiger partial charge in [0.1, 0.15) is 12.2 Å². The van der Waals surface area contributed by atoms with Crippen molar-refractivity contribution in [3.05, 3.63) is 59.1 Å². The zero-order valence-electron chi connectivity index (χ0n) is 12.6. The monoisotopic (exact) mass is 332 g/mol. The third kappa shape index (κ3) is 5.30. The maximum atomic E-state index is 11.9. The lowest BCUT2D eigenvalue weighted by Gasteiger charge is -2.08. The van der Waals surface area contributed by atoms with E-state index in [0.29, 0.717) is 16.5 Å². The summed E-state index contributed by atoms with van der Waals surface area (Å²) in [5.41, 5.74) is 1.38. The minimum atomic E-state index is -0.394. The molecule has 6 heteroatoms. The number of rotatable bonds is 6. The summed E-state index contributed by atoms with van der Waals surface area (Å²) in [5.74, 6) is -0.133. The molecule has 0 atom stereocenters. The summed E-state index contributed by atoms with van der Waals surface area (Å²) in [4.78, 5) is 23.7. The van der Waals surface area contributed by atoms with Gasteiger partial charge in [0.15, 0.2) is 0 Å². The molecule has 0 spiro atoms. The van der Waals surface area contributed by atoms with Gasteiger partial charge in [0.25, 0.3) is 0 Å². The minimum absolute atomic E-state index is 0.262. The molecule has 0 saturated carbocycles. The van der Waals surface area contributed by atoms with Crippen LogP contribution in [0.3, 0.4) is 0 Å². The van der Waals surface area contributed by atoms with Gasteiger partial charge in [-0.1, -0.05) is 35.9 Å². The van der Waals surface area contributed by atoms with E-state index in [2.05, 4.69) is 10.6 Å². The first-order valence-corrected chi connectivity index (χ1v) is 7.40. The third-order valence-corrected chi connectivity index (χ3v) is 3.48. The molecule has 2 aromatic carbocycles. The van der Waals surface area contributed by atoms with Gasteiger partial charge in [-0.15, -0.1) is 0 Å². The molecular weight excluding hydrogens is 316 g/mol. The highest BCUT2D eigenvalue weighted by molar-refractivity contribution is 6.31. The fourth-order valence-electron chi connectivity index (χ4n) is 1.95. The van der Waals surface area contributed by atoms with E-state index >= 15 is 0 Å². The minimum Gasteiger partial charge on any atom is -0.497 e. The Kier molecular flexibility index (Phi) is 6.00. The van der Waals surface area contributed by atoms with E-state index in [4.69, 9.17) is 16.3 Å². The normalized spacial score (nSPS) is 10.0. The number of carbonyl (C=O) groups excluding carboxylic acids is 2. The standard InChI is InChI=1S/C17H17ClN2O3/c1-23-14-7-4-6-13(9-14)20-17(22)10-16(21)19-11-12-5-2-3-8-15(12)18/h2-9H,10-11H2,1H3,(H,19,21)(H,20,22). The highest BCUT2D eigenvalue weighted by Crippen LogP contribution is 2.17. The van der Waals surface area contributed by atoms with Crippen molar-refractivity contribution in [2.45, 2.75) is 13.0 Å². The van der Waals surface area contributed by atoms with Crippen LogP contribution in [-0.4, -0.2) is 18.9 Å². The van der Waals surface area contributed by atoms with Gasteiger partial charge in [0.2, 0.25) is 11.8 Å². The maximum Gasteiger partial charge on any atom is 0.233 e. The van der Waals surface area contributed by atoms with E-state index in [1.807, 2.05) is 18.2 Å². The average molecular weight is 333 g/mol. The molecule has 0 fully saturated rings. The number of amides is 2. The molecule has 0 heterocycles. The molecule has 0 saturated heterocycles. The molecule has 0 unspecified atom stereocenters. The average Bonchev–Trinajstić information content (AvgIpc) is 2.54. The SMILES string of the molecule is COc1cccc(NC(=O)CC(=O)NCc2ccccc2Cl)c1. The van der Waals surface area contributed by atoms with E-state index in [9.17, 15) is 9.59 Å². The van der Waals surface area contributed by atoms with E-state index in [1.54, 1.807) is 37.4 Å². The molecule has 0 radical (unpaired) electrons. The lowest BCUT2D eigenvalue weighted by atomic mass is 10.2. The Morgan fingerprint density at radius 2 is 1.87 bits per heavy atom. The Hall–Kier alpha value is -2.53. The molecule has 0 bridgehead atoms. The maximum absolute atomic E-state index is 11.9. The Morgan fingerprint density at radius 3 is 2.61 bits per heavy atom. The summed E-state index contributed by atoms with van der Waals surface area (Å²) in [6.07, 6.45) is -0.262. The highest BCUT2D eigenvalue weighted by Gasteiger charge is 2.10. The number of nitrogens with one attached hydrogen (secondary N) is 2. The van der Waals surface area contributed by atoms with Gasteiger partial charge in [0.05, 0.1) is 7.11 Å². The van der Waals surface area contributed by atoms with Gasteiger partial charge < -0.3 is 15.4 Å². The first-order chi connectivity index (χ1) is 11.1. The summed E-state index contributed by atoms with van der Waals surface area (Å²) in [6.45, 7) is 0.283.